The molecule has 0 atom stereocenters. The highest BCUT2D eigenvalue weighted by Crippen LogP contribution is 2.60. The van der Waals surface area contributed by atoms with E-state index in [1.807, 2.05) is 11.6 Å². The van der Waals surface area contributed by atoms with Crippen LogP contribution in [0, 0.1) is 23.6 Å². The second kappa shape index (κ2) is 5.04. The second-order valence-corrected chi connectivity index (χ2v) is 8.12. The summed E-state index contributed by atoms with van der Waals surface area (Å²) in [7, 11) is 1.99. The number of halogens is 1. The van der Waals surface area contributed by atoms with Crippen molar-refractivity contribution in [1.82, 2.24) is 14.8 Å². The van der Waals surface area contributed by atoms with Gasteiger partial charge in [0.1, 0.15) is 17.4 Å². The topological polar surface area (TPSA) is 39.9 Å². The molecule has 0 unspecified atom stereocenters. The number of hydrogen-bond acceptors (Lipinski definition) is 3. The van der Waals surface area contributed by atoms with Gasteiger partial charge in [-0.2, -0.15) is 0 Å². The third kappa shape index (κ3) is 2.17. The lowest BCUT2D eigenvalue weighted by atomic mass is 9.49. The number of ether oxygens (including phenoxy) is 1. The molecule has 1 aromatic heterocycles. The summed E-state index contributed by atoms with van der Waals surface area (Å²) in [6.07, 6.45) is 7.99. The Morgan fingerprint density at radius 2 is 1.58 bits per heavy atom. The quantitative estimate of drug-likeness (QED) is 0.847. The third-order valence-corrected chi connectivity index (χ3v) is 6.37. The Morgan fingerprint density at radius 3 is 2.17 bits per heavy atom. The molecule has 6 rings (SSSR count). The van der Waals surface area contributed by atoms with E-state index in [0.29, 0.717) is 11.8 Å². The highest BCUT2D eigenvalue weighted by Gasteiger charge is 2.53. The summed E-state index contributed by atoms with van der Waals surface area (Å²) in [4.78, 5) is 0. The predicted molar refractivity (Wildman–Crippen MR) is 87.3 cm³/mol. The summed E-state index contributed by atoms with van der Waals surface area (Å²) in [5.74, 6) is 4.01. The standard InChI is InChI=1S/C19H22FN3O/c1-23-17(19-9-12-6-13(10-19)8-14(7-12)11-19)21-22-18(23)24-16-4-2-15(20)3-5-16/h2-5,12-14H,6-11H2,1H3. The van der Waals surface area contributed by atoms with Crippen LogP contribution in [0.2, 0.25) is 0 Å². The van der Waals surface area contributed by atoms with Crippen LogP contribution in [-0.4, -0.2) is 14.8 Å². The summed E-state index contributed by atoms with van der Waals surface area (Å²) in [5, 5.41) is 8.82. The van der Waals surface area contributed by atoms with Crippen molar-refractivity contribution >= 4 is 0 Å². The van der Waals surface area contributed by atoms with Gasteiger partial charge in [-0.25, -0.2) is 4.39 Å². The number of hydrogen-bond donors (Lipinski definition) is 0. The first-order valence-corrected chi connectivity index (χ1v) is 8.95. The zero-order chi connectivity index (χ0) is 16.3. The number of aromatic nitrogens is 3. The fourth-order valence-electron chi connectivity index (χ4n) is 5.86. The van der Waals surface area contributed by atoms with E-state index in [0.717, 1.165) is 23.6 Å². The van der Waals surface area contributed by atoms with Gasteiger partial charge in [0.2, 0.25) is 0 Å². The van der Waals surface area contributed by atoms with Crippen molar-refractivity contribution in [3.63, 3.8) is 0 Å². The Hall–Kier alpha value is -1.91. The highest BCUT2D eigenvalue weighted by molar-refractivity contribution is 5.26. The van der Waals surface area contributed by atoms with Crippen LogP contribution in [0.15, 0.2) is 24.3 Å². The maximum Gasteiger partial charge on any atom is 0.322 e. The van der Waals surface area contributed by atoms with Crippen LogP contribution in [0.5, 0.6) is 11.8 Å². The van der Waals surface area contributed by atoms with E-state index in [-0.39, 0.29) is 11.2 Å². The molecule has 126 valence electrons. The van der Waals surface area contributed by atoms with Gasteiger partial charge >= 0.3 is 6.01 Å². The summed E-state index contributed by atoms with van der Waals surface area (Å²) in [6.45, 7) is 0. The molecule has 4 aliphatic rings. The molecule has 5 heteroatoms. The van der Waals surface area contributed by atoms with Crippen LogP contribution in [0.3, 0.4) is 0 Å². The lowest BCUT2D eigenvalue weighted by molar-refractivity contribution is -0.0109. The van der Waals surface area contributed by atoms with Crippen LogP contribution in [0.4, 0.5) is 4.39 Å². The molecule has 0 radical (unpaired) electrons. The molecular weight excluding hydrogens is 305 g/mol. The van der Waals surface area contributed by atoms with Gasteiger partial charge in [0.25, 0.3) is 0 Å². The molecule has 4 bridgehead atoms. The van der Waals surface area contributed by atoms with Gasteiger partial charge < -0.3 is 4.74 Å². The largest absolute Gasteiger partial charge is 0.424 e. The smallest absolute Gasteiger partial charge is 0.322 e. The first-order valence-electron chi connectivity index (χ1n) is 8.95. The molecular formula is C19H22FN3O. The first kappa shape index (κ1) is 14.4. The predicted octanol–water partition coefficient (Wildman–Crippen LogP) is 4.21. The summed E-state index contributed by atoms with van der Waals surface area (Å²) < 4.78 is 20.9. The van der Waals surface area contributed by atoms with Crippen LogP contribution >= 0.6 is 0 Å². The summed E-state index contributed by atoms with van der Waals surface area (Å²) >= 11 is 0. The molecule has 0 spiro atoms. The minimum absolute atomic E-state index is 0.195. The van der Waals surface area contributed by atoms with Gasteiger partial charge in [-0.15, -0.1) is 5.10 Å². The second-order valence-electron chi connectivity index (χ2n) is 8.12. The highest BCUT2D eigenvalue weighted by atomic mass is 19.1. The van der Waals surface area contributed by atoms with Crippen molar-refractivity contribution in [2.45, 2.75) is 43.9 Å². The van der Waals surface area contributed by atoms with E-state index in [2.05, 4.69) is 10.2 Å². The molecule has 0 saturated heterocycles. The van der Waals surface area contributed by atoms with E-state index in [4.69, 9.17) is 4.74 Å². The monoisotopic (exact) mass is 327 g/mol. The normalized spacial score (nSPS) is 33.8. The Morgan fingerprint density at radius 1 is 1.00 bits per heavy atom. The van der Waals surface area contributed by atoms with E-state index in [9.17, 15) is 4.39 Å². The average Bonchev–Trinajstić information content (AvgIpc) is 2.90. The Kier molecular flexibility index (Phi) is 3.03. The molecule has 4 aliphatic carbocycles. The molecule has 4 nitrogen and oxygen atoms in total. The molecule has 0 aliphatic heterocycles. The molecule has 24 heavy (non-hydrogen) atoms. The van der Waals surface area contributed by atoms with Crippen LogP contribution in [0.25, 0.3) is 0 Å². The molecule has 2 aromatic rings. The number of benzene rings is 1. The van der Waals surface area contributed by atoms with Gasteiger partial charge in [0.05, 0.1) is 0 Å². The van der Waals surface area contributed by atoms with Crippen molar-refractivity contribution in [3.05, 3.63) is 35.9 Å². The van der Waals surface area contributed by atoms with Crippen molar-refractivity contribution in [3.8, 4) is 11.8 Å². The number of rotatable bonds is 3. The molecule has 1 aromatic carbocycles. The summed E-state index contributed by atoms with van der Waals surface area (Å²) in [5.41, 5.74) is 0.195. The van der Waals surface area contributed by atoms with E-state index in [1.54, 1.807) is 12.1 Å². The molecule has 4 saturated carbocycles. The average molecular weight is 327 g/mol. The maximum absolute atomic E-state index is 13.0. The van der Waals surface area contributed by atoms with Crippen LogP contribution < -0.4 is 4.74 Å². The molecule has 0 N–H and O–H groups in total. The van der Waals surface area contributed by atoms with Gasteiger partial charge in [0, 0.05) is 12.5 Å². The van der Waals surface area contributed by atoms with E-state index in [1.165, 1.54) is 50.7 Å². The maximum atomic E-state index is 13.0. The van der Waals surface area contributed by atoms with Gasteiger partial charge in [-0.05, 0) is 80.5 Å². The minimum atomic E-state index is -0.269. The van der Waals surface area contributed by atoms with Gasteiger partial charge in [0.15, 0.2) is 0 Å². The third-order valence-electron chi connectivity index (χ3n) is 6.37. The van der Waals surface area contributed by atoms with Crippen LogP contribution in [-0.2, 0) is 12.5 Å². The van der Waals surface area contributed by atoms with Crippen molar-refractivity contribution in [2.24, 2.45) is 24.8 Å². The fourth-order valence-corrected chi connectivity index (χ4v) is 5.86. The van der Waals surface area contributed by atoms with Crippen molar-refractivity contribution in [2.75, 3.05) is 0 Å². The van der Waals surface area contributed by atoms with E-state index < -0.39 is 0 Å². The Balaban J connectivity index is 1.45. The summed E-state index contributed by atoms with van der Waals surface area (Å²) in [6, 6.07) is 6.52. The number of nitrogens with zero attached hydrogens (tertiary/aromatic N) is 3. The zero-order valence-electron chi connectivity index (χ0n) is 13.9. The zero-order valence-corrected chi connectivity index (χ0v) is 13.9. The lowest BCUT2D eigenvalue weighted by Crippen LogP contribution is -2.49. The van der Waals surface area contributed by atoms with E-state index >= 15 is 0 Å². The van der Waals surface area contributed by atoms with Gasteiger partial charge in [-0.1, -0.05) is 5.10 Å². The lowest BCUT2D eigenvalue weighted by Gasteiger charge is -2.56. The van der Waals surface area contributed by atoms with Crippen LogP contribution in [0.1, 0.15) is 44.3 Å². The molecule has 1 heterocycles. The minimum Gasteiger partial charge on any atom is -0.424 e. The molecule has 4 fully saturated rings. The van der Waals surface area contributed by atoms with Crippen molar-refractivity contribution in [1.29, 1.82) is 0 Å². The molecule has 0 amide bonds. The SMILES string of the molecule is Cn1c(Oc2ccc(F)cc2)nnc1C12CC3CC(CC(C3)C1)C2. The Labute approximate surface area is 141 Å². The van der Waals surface area contributed by atoms with Gasteiger partial charge in [-0.3, -0.25) is 4.57 Å². The van der Waals surface area contributed by atoms with Crippen molar-refractivity contribution < 1.29 is 9.13 Å². The fraction of sp³-hybridized carbons (Fsp3) is 0.579. The Bertz CT molecular complexity index is 732. The first-order chi connectivity index (χ1) is 11.6.